The summed E-state index contributed by atoms with van der Waals surface area (Å²) in [4.78, 5) is 8.63. The summed E-state index contributed by atoms with van der Waals surface area (Å²) in [7, 11) is 6.52. The Hall–Kier alpha value is -2.97. The predicted molar refractivity (Wildman–Crippen MR) is 111 cm³/mol. The number of nitrogens with zero attached hydrogens (tertiary/aromatic N) is 3. The fourth-order valence-electron chi connectivity index (χ4n) is 2.69. The summed E-state index contributed by atoms with van der Waals surface area (Å²) in [6, 6.07) is 3.81. The molecule has 0 saturated carbocycles. The predicted octanol–water partition coefficient (Wildman–Crippen LogP) is 2.52. The Morgan fingerprint density at radius 1 is 1.10 bits per heavy atom. The van der Waals surface area contributed by atoms with Crippen molar-refractivity contribution in [3.63, 3.8) is 0 Å². The minimum absolute atomic E-state index is 0.267. The smallest absolute Gasteiger partial charge is 0.226 e. The Morgan fingerprint density at radius 3 is 2.31 bits per heavy atom. The van der Waals surface area contributed by atoms with Crippen LogP contribution in [0, 0.1) is 0 Å². The number of nitrogens with one attached hydrogen (secondary N) is 2. The van der Waals surface area contributed by atoms with E-state index in [1.165, 1.54) is 0 Å². The Labute approximate surface area is 171 Å². The van der Waals surface area contributed by atoms with Crippen molar-refractivity contribution < 1.29 is 18.7 Å². The molecule has 29 heavy (non-hydrogen) atoms. The Bertz CT molecular complexity index is 779. The lowest BCUT2D eigenvalue weighted by atomic mass is 10.2. The minimum atomic E-state index is 0.267. The third kappa shape index (κ3) is 6.27. The van der Waals surface area contributed by atoms with Crippen molar-refractivity contribution in [1.29, 1.82) is 0 Å². The number of aryl methyl sites for hydroxylation is 1. The maximum atomic E-state index is 5.39. The van der Waals surface area contributed by atoms with Gasteiger partial charge in [-0.3, -0.25) is 4.99 Å². The monoisotopic (exact) mass is 405 g/mol. The third-order valence-corrected chi connectivity index (χ3v) is 4.27. The van der Waals surface area contributed by atoms with Gasteiger partial charge in [0.1, 0.15) is 0 Å². The van der Waals surface area contributed by atoms with Gasteiger partial charge in [0.15, 0.2) is 23.3 Å². The SMILES string of the molecule is CN=C(NCCCc1nc(C(C)C)no1)NCc1cc(OC)c(OC)c(OC)c1. The maximum Gasteiger partial charge on any atom is 0.226 e. The van der Waals surface area contributed by atoms with E-state index in [1.54, 1.807) is 28.4 Å². The highest BCUT2D eigenvalue weighted by Gasteiger charge is 2.13. The molecule has 2 rings (SSSR count). The van der Waals surface area contributed by atoms with Crippen LogP contribution in [0.15, 0.2) is 21.6 Å². The Morgan fingerprint density at radius 2 is 1.79 bits per heavy atom. The number of hydrogen-bond acceptors (Lipinski definition) is 7. The molecule has 0 saturated heterocycles. The molecule has 1 aromatic carbocycles. The first-order valence-corrected chi connectivity index (χ1v) is 9.58. The summed E-state index contributed by atoms with van der Waals surface area (Å²) in [6.07, 6.45) is 1.57. The van der Waals surface area contributed by atoms with Gasteiger partial charge < -0.3 is 29.4 Å². The van der Waals surface area contributed by atoms with Crippen LogP contribution in [0.2, 0.25) is 0 Å². The van der Waals surface area contributed by atoms with E-state index in [2.05, 4.69) is 25.8 Å². The first-order valence-electron chi connectivity index (χ1n) is 9.58. The van der Waals surface area contributed by atoms with Crippen molar-refractivity contribution in [2.24, 2.45) is 4.99 Å². The lowest BCUT2D eigenvalue weighted by molar-refractivity contribution is 0.323. The van der Waals surface area contributed by atoms with Crippen molar-refractivity contribution in [2.75, 3.05) is 34.9 Å². The molecule has 2 aromatic rings. The zero-order valence-electron chi connectivity index (χ0n) is 18.0. The van der Waals surface area contributed by atoms with Gasteiger partial charge in [-0.05, 0) is 24.1 Å². The van der Waals surface area contributed by atoms with Gasteiger partial charge >= 0.3 is 0 Å². The van der Waals surface area contributed by atoms with Crippen LogP contribution in [0.1, 0.15) is 43.5 Å². The van der Waals surface area contributed by atoms with E-state index in [9.17, 15) is 0 Å². The molecule has 0 amide bonds. The summed E-state index contributed by atoms with van der Waals surface area (Å²) >= 11 is 0. The summed E-state index contributed by atoms with van der Waals surface area (Å²) in [6.45, 7) is 5.37. The topological polar surface area (TPSA) is 103 Å². The number of aromatic nitrogens is 2. The lowest BCUT2D eigenvalue weighted by Gasteiger charge is -2.15. The number of guanidine groups is 1. The maximum absolute atomic E-state index is 5.39. The second-order valence-electron chi connectivity index (χ2n) is 6.69. The molecule has 1 heterocycles. The standard InChI is InChI=1S/C20H31N5O4/c1-13(2)19-24-17(29-25-19)8-7-9-22-20(21-3)23-12-14-10-15(26-4)18(28-6)16(11-14)27-5/h10-11,13H,7-9,12H2,1-6H3,(H2,21,22,23). The van der Waals surface area contributed by atoms with Crippen molar-refractivity contribution >= 4 is 5.96 Å². The van der Waals surface area contributed by atoms with Crippen molar-refractivity contribution in [3.8, 4) is 17.2 Å². The molecule has 9 nitrogen and oxygen atoms in total. The largest absolute Gasteiger partial charge is 0.493 e. The number of aliphatic imine (C=N–C) groups is 1. The van der Waals surface area contributed by atoms with Crippen LogP contribution < -0.4 is 24.8 Å². The van der Waals surface area contributed by atoms with Crippen molar-refractivity contribution in [2.45, 2.75) is 39.2 Å². The van der Waals surface area contributed by atoms with Crippen molar-refractivity contribution in [3.05, 3.63) is 29.4 Å². The molecule has 0 aliphatic rings. The molecule has 0 unspecified atom stereocenters. The van der Waals surface area contributed by atoms with E-state index < -0.39 is 0 Å². The van der Waals surface area contributed by atoms with E-state index in [-0.39, 0.29) is 5.92 Å². The van der Waals surface area contributed by atoms with E-state index in [4.69, 9.17) is 18.7 Å². The van der Waals surface area contributed by atoms with Crippen LogP contribution >= 0.6 is 0 Å². The van der Waals surface area contributed by atoms with Gasteiger partial charge in [0, 0.05) is 32.5 Å². The highest BCUT2D eigenvalue weighted by Crippen LogP contribution is 2.38. The second-order valence-corrected chi connectivity index (χ2v) is 6.69. The van der Waals surface area contributed by atoms with Gasteiger partial charge in [0.05, 0.1) is 21.3 Å². The number of hydrogen-bond donors (Lipinski definition) is 2. The number of ether oxygens (including phenoxy) is 3. The quantitative estimate of drug-likeness (QED) is 0.353. The van der Waals surface area contributed by atoms with Gasteiger partial charge in [-0.2, -0.15) is 4.98 Å². The molecule has 1 aromatic heterocycles. The molecule has 0 atom stereocenters. The molecule has 9 heteroatoms. The fraction of sp³-hybridized carbons (Fsp3) is 0.550. The average molecular weight is 405 g/mol. The Balaban J connectivity index is 1.84. The molecule has 0 radical (unpaired) electrons. The number of rotatable bonds is 10. The Kier molecular flexibility index (Phi) is 8.57. The van der Waals surface area contributed by atoms with Crippen LogP contribution in [-0.2, 0) is 13.0 Å². The van der Waals surface area contributed by atoms with Crippen LogP contribution in [-0.4, -0.2) is 51.0 Å². The van der Waals surface area contributed by atoms with Gasteiger partial charge in [-0.15, -0.1) is 0 Å². The molecule has 2 N–H and O–H groups in total. The summed E-state index contributed by atoms with van der Waals surface area (Å²) in [5.74, 6) is 4.18. The van der Waals surface area contributed by atoms with Crippen molar-refractivity contribution in [1.82, 2.24) is 20.8 Å². The van der Waals surface area contributed by atoms with Crippen LogP contribution in [0.5, 0.6) is 17.2 Å². The van der Waals surface area contributed by atoms with Crippen LogP contribution in [0.4, 0.5) is 0 Å². The van der Waals surface area contributed by atoms with Gasteiger partial charge in [0.25, 0.3) is 0 Å². The highest BCUT2D eigenvalue weighted by atomic mass is 16.5. The first-order chi connectivity index (χ1) is 14.0. The molecule has 0 bridgehead atoms. The van der Waals surface area contributed by atoms with Gasteiger partial charge in [-0.25, -0.2) is 0 Å². The second kappa shape index (κ2) is 11.1. The van der Waals surface area contributed by atoms with E-state index >= 15 is 0 Å². The molecule has 0 aliphatic heterocycles. The van der Waals surface area contributed by atoms with Gasteiger partial charge in [-0.1, -0.05) is 19.0 Å². The lowest BCUT2D eigenvalue weighted by Crippen LogP contribution is -2.37. The van der Waals surface area contributed by atoms with Gasteiger partial charge in [0.2, 0.25) is 11.6 Å². The minimum Gasteiger partial charge on any atom is -0.493 e. The fourth-order valence-corrected chi connectivity index (χ4v) is 2.69. The highest BCUT2D eigenvalue weighted by molar-refractivity contribution is 5.79. The third-order valence-electron chi connectivity index (χ3n) is 4.27. The molecule has 160 valence electrons. The van der Waals surface area contributed by atoms with Crippen LogP contribution in [0.3, 0.4) is 0 Å². The zero-order chi connectivity index (χ0) is 21.2. The van der Waals surface area contributed by atoms with Crippen LogP contribution in [0.25, 0.3) is 0 Å². The first kappa shape index (κ1) is 22.3. The zero-order valence-corrected chi connectivity index (χ0v) is 18.0. The molecular formula is C20H31N5O4. The summed E-state index contributed by atoms with van der Waals surface area (Å²) < 4.78 is 21.4. The molecule has 0 aliphatic carbocycles. The normalized spacial score (nSPS) is 11.5. The molecular weight excluding hydrogens is 374 g/mol. The van der Waals surface area contributed by atoms with E-state index in [0.717, 1.165) is 30.8 Å². The van der Waals surface area contributed by atoms with E-state index in [0.29, 0.717) is 35.6 Å². The summed E-state index contributed by atoms with van der Waals surface area (Å²) in [5, 5.41) is 10.5. The summed E-state index contributed by atoms with van der Waals surface area (Å²) in [5.41, 5.74) is 0.981. The molecule has 0 fully saturated rings. The number of benzene rings is 1. The van der Waals surface area contributed by atoms with E-state index in [1.807, 2.05) is 26.0 Å². The average Bonchev–Trinajstić information content (AvgIpc) is 3.21. The molecule has 0 spiro atoms. The number of methoxy groups -OCH3 is 3.